The number of hydrogen-bond donors (Lipinski definition) is 0. The Morgan fingerprint density at radius 1 is 1.21 bits per heavy atom. The van der Waals surface area contributed by atoms with Crippen molar-refractivity contribution in [1.82, 2.24) is 4.57 Å². The van der Waals surface area contributed by atoms with E-state index in [9.17, 15) is 9.59 Å². The van der Waals surface area contributed by atoms with Gasteiger partial charge in [0, 0.05) is 30.1 Å². The molecule has 0 saturated carbocycles. The fraction of sp³-hybridized carbons (Fsp3) is 0.478. The van der Waals surface area contributed by atoms with Crippen LogP contribution in [0.5, 0.6) is 0 Å². The number of nitrogens with zero attached hydrogens (tertiary/aromatic N) is 1. The predicted molar refractivity (Wildman–Crippen MR) is 108 cm³/mol. The summed E-state index contributed by atoms with van der Waals surface area (Å²) in [5, 5.41) is 0. The van der Waals surface area contributed by atoms with Gasteiger partial charge in [-0.15, -0.1) is 0 Å². The molecule has 1 saturated heterocycles. The van der Waals surface area contributed by atoms with E-state index in [1.54, 1.807) is 12.1 Å². The second-order valence-corrected chi connectivity index (χ2v) is 7.81. The van der Waals surface area contributed by atoms with Crippen molar-refractivity contribution in [2.75, 3.05) is 13.2 Å². The van der Waals surface area contributed by atoms with E-state index in [-0.39, 0.29) is 18.5 Å². The third-order valence-corrected chi connectivity index (χ3v) is 5.43. The number of rotatable bonds is 7. The van der Waals surface area contributed by atoms with E-state index in [1.165, 1.54) is 0 Å². The van der Waals surface area contributed by atoms with Gasteiger partial charge in [-0.25, -0.2) is 4.79 Å². The maximum Gasteiger partial charge on any atom is 0.338 e. The first-order chi connectivity index (χ1) is 13.4. The molecular weight excluding hydrogens is 354 g/mol. The minimum atomic E-state index is -0.475. The van der Waals surface area contributed by atoms with E-state index >= 15 is 0 Å². The number of carbonyl (C=O) groups is 2. The van der Waals surface area contributed by atoms with Gasteiger partial charge in [-0.05, 0) is 56.4 Å². The van der Waals surface area contributed by atoms with Crippen LogP contribution in [-0.4, -0.2) is 35.6 Å². The molecule has 1 aromatic heterocycles. The monoisotopic (exact) mass is 383 g/mol. The van der Waals surface area contributed by atoms with Crippen molar-refractivity contribution in [2.45, 2.75) is 59.1 Å². The number of ether oxygens (including phenoxy) is 2. The summed E-state index contributed by atoms with van der Waals surface area (Å²) in [5.74, 6) is -0.257. The molecule has 2 heterocycles. The summed E-state index contributed by atoms with van der Waals surface area (Å²) in [5.41, 5.74) is 4.15. The van der Waals surface area contributed by atoms with Gasteiger partial charge in [0.05, 0.1) is 11.7 Å². The van der Waals surface area contributed by atoms with E-state index in [1.807, 2.05) is 32.0 Å². The second kappa shape index (κ2) is 8.74. The van der Waals surface area contributed by atoms with Gasteiger partial charge in [-0.2, -0.15) is 0 Å². The highest BCUT2D eigenvalue weighted by molar-refractivity contribution is 6.00. The fourth-order valence-corrected chi connectivity index (χ4v) is 3.65. The zero-order chi connectivity index (χ0) is 20.3. The van der Waals surface area contributed by atoms with Gasteiger partial charge < -0.3 is 14.0 Å². The summed E-state index contributed by atoms with van der Waals surface area (Å²) in [6.07, 6.45) is 2.34. The first-order valence-corrected chi connectivity index (χ1v) is 9.95. The molecule has 0 N–H and O–H groups in total. The largest absolute Gasteiger partial charge is 0.454 e. The van der Waals surface area contributed by atoms with Crippen LogP contribution in [0.2, 0.25) is 0 Å². The highest BCUT2D eigenvalue weighted by atomic mass is 16.5. The lowest BCUT2D eigenvalue weighted by Crippen LogP contribution is -2.18. The summed E-state index contributed by atoms with van der Waals surface area (Å²) in [7, 11) is 0. The quantitative estimate of drug-likeness (QED) is 0.524. The fourth-order valence-electron chi connectivity index (χ4n) is 3.65. The lowest BCUT2D eigenvalue weighted by molar-refractivity contribution is 0.0474. The maximum atomic E-state index is 12.6. The molecule has 0 spiro atoms. The van der Waals surface area contributed by atoms with Crippen LogP contribution < -0.4 is 0 Å². The molecule has 1 aliphatic heterocycles. The number of carbonyl (C=O) groups excluding carboxylic acids is 2. The van der Waals surface area contributed by atoms with Crippen molar-refractivity contribution in [1.29, 1.82) is 0 Å². The number of aromatic nitrogens is 1. The van der Waals surface area contributed by atoms with E-state index < -0.39 is 5.97 Å². The topological polar surface area (TPSA) is 57.5 Å². The number of esters is 1. The van der Waals surface area contributed by atoms with Crippen LogP contribution in [-0.2, 0) is 16.0 Å². The summed E-state index contributed by atoms with van der Waals surface area (Å²) >= 11 is 0. The Balaban J connectivity index is 1.62. The first-order valence-electron chi connectivity index (χ1n) is 9.95. The molecule has 150 valence electrons. The Labute approximate surface area is 166 Å². The third-order valence-electron chi connectivity index (χ3n) is 5.43. The molecular formula is C23H29NO4. The van der Waals surface area contributed by atoms with Crippen molar-refractivity contribution in [3.8, 4) is 0 Å². The van der Waals surface area contributed by atoms with Gasteiger partial charge in [0.15, 0.2) is 6.61 Å². The van der Waals surface area contributed by atoms with Gasteiger partial charge in [0.2, 0.25) is 5.78 Å². The van der Waals surface area contributed by atoms with Crippen LogP contribution >= 0.6 is 0 Å². The number of hydrogen-bond acceptors (Lipinski definition) is 4. The predicted octanol–water partition coefficient (Wildman–Crippen LogP) is 4.45. The van der Waals surface area contributed by atoms with E-state index in [0.29, 0.717) is 17.0 Å². The Hall–Kier alpha value is -2.40. The highest BCUT2D eigenvalue weighted by Gasteiger charge is 2.22. The lowest BCUT2D eigenvalue weighted by Gasteiger charge is -2.14. The Bertz CT molecular complexity index is 842. The molecule has 3 rings (SSSR count). The summed E-state index contributed by atoms with van der Waals surface area (Å²) < 4.78 is 13.1. The number of aryl methyl sites for hydroxylation is 1. The van der Waals surface area contributed by atoms with Crippen LogP contribution in [0.15, 0.2) is 30.3 Å². The highest BCUT2D eigenvalue weighted by Crippen LogP contribution is 2.21. The smallest absolute Gasteiger partial charge is 0.338 e. The standard InChI is InChI=1S/C23H29NO4/c1-15(2)18-7-9-19(10-8-18)23(26)28-14-22(25)21-12-16(3)24(17(21)4)13-20-6-5-11-27-20/h7-10,12,15,20H,5-6,11,13-14H2,1-4H3. The molecule has 28 heavy (non-hydrogen) atoms. The zero-order valence-corrected chi connectivity index (χ0v) is 17.2. The van der Waals surface area contributed by atoms with Crippen LogP contribution in [0.3, 0.4) is 0 Å². The molecule has 1 atom stereocenters. The molecule has 5 heteroatoms. The molecule has 0 amide bonds. The average molecular weight is 383 g/mol. The molecule has 1 aliphatic rings. The Morgan fingerprint density at radius 3 is 2.54 bits per heavy atom. The number of Topliss-reactive ketones (excluding diaryl/α,β-unsaturated/α-hetero) is 1. The van der Waals surface area contributed by atoms with Gasteiger partial charge in [0.25, 0.3) is 0 Å². The van der Waals surface area contributed by atoms with Gasteiger partial charge in [0.1, 0.15) is 0 Å². The van der Waals surface area contributed by atoms with Crippen molar-refractivity contribution in [2.24, 2.45) is 0 Å². The van der Waals surface area contributed by atoms with Crippen LogP contribution in [0.1, 0.15) is 70.3 Å². The Kier molecular flexibility index (Phi) is 6.35. The SMILES string of the molecule is Cc1cc(C(=O)COC(=O)c2ccc(C(C)C)cc2)c(C)n1CC1CCCO1. The van der Waals surface area contributed by atoms with Crippen molar-refractivity contribution < 1.29 is 19.1 Å². The van der Waals surface area contributed by atoms with E-state index in [2.05, 4.69) is 18.4 Å². The molecule has 0 aliphatic carbocycles. The van der Waals surface area contributed by atoms with Crippen molar-refractivity contribution in [3.05, 3.63) is 58.4 Å². The van der Waals surface area contributed by atoms with Gasteiger partial charge >= 0.3 is 5.97 Å². The van der Waals surface area contributed by atoms with Gasteiger partial charge in [-0.1, -0.05) is 26.0 Å². The molecule has 0 bridgehead atoms. The molecule has 1 fully saturated rings. The Morgan fingerprint density at radius 2 is 1.93 bits per heavy atom. The summed E-state index contributed by atoms with van der Waals surface area (Å²) in [4.78, 5) is 24.9. The number of benzene rings is 1. The normalized spacial score (nSPS) is 16.5. The first kappa shape index (κ1) is 20.3. The zero-order valence-electron chi connectivity index (χ0n) is 17.2. The molecule has 2 aromatic rings. The summed E-state index contributed by atoms with van der Waals surface area (Å²) in [6, 6.07) is 9.20. The van der Waals surface area contributed by atoms with E-state index in [4.69, 9.17) is 9.47 Å². The minimum Gasteiger partial charge on any atom is -0.454 e. The molecule has 1 aromatic carbocycles. The lowest BCUT2D eigenvalue weighted by atomic mass is 10.0. The van der Waals surface area contributed by atoms with Crippen molar-refractivity contribution in [3.63, 3.8) is 0 Å². The van der Waals surface area contributed by atoms with Crippen molar-refractivity contribution >= 4 is 11.8 Å². The average Bonchev–Trinajstić information content (AvgIpc) is 3.29. The summed E-state index contributed by atoms with van der Waals surface area (Å²) in [6.45, 7) is 9.43. The van der Waals surface area contributed by atoms with E-state index in [0.717, 1.165) is 42.9 Å². The van der Waals surface area contributed by atoms with Crippen LogP contribution in [0, 0.1) is 13.8 Å². The number of ketones is 1. The maximum absolute atomic E-state index is 12.6. The second-order valence-electron chi connectivity index (χ2n) is 7.81. The van der Waals surface area contributed by atoms with Crippen LogP contribution in [0.4, 0.5) is 0 Å². The molecule has 5 nitrogen and oxygen atoms in total. The molecule has 0 radical (unpaired) electrons. The molecule has 1 unspecified atom stereocenters. The minimum absolute atomic E-state index is 0.182. The van der Waals surface area contributed by atoms with Gasteiger partial charge in [-0.3, -0.25) is 4.79 Å². The third kappa shape index (κ3) is 4.53. The van der Waals surface area contributed by atoms with Crippen LogP contribution in [0.25, 0.3) is 0 Å².